The third-order valence-corrected chi connectivity index (χ3v) is 10.5. The van der Waals surface area contributed by atoms with Crippen molar-refractivity contribution in [2.75, 3.05) is 30.7 Å². The molecular formula is C25H35F2N5O3S. The number of amides is 3. The number of urea groups is 1. The number of nitrogens with zero attached hydrogens (tertiary/aromatic N) is 2. The van der Waals surface area contributed by atoms with Gasteiger partial charge in [0.2, 0.25) is 5.91 Å². The molecule has 36 heavy (non-hydrogen) atoms. The van der Waals surface area contributed by atoms with Crippen molar-refractivity contribution in [3.8, 4) is 0 Å². The number of halogens is 2. The topological polar surface area (TPSA) is 99.4 Å². The van der Waals surface area contributed by atoms with Crippen molar-refractivity contribution >= 4 is 27.8 Å². The number of hydrogen-bond acceptors (Lipinski definition) is 4. The Labute approximate surface area is 211 Å². The van der Waals surface area contributed by atoms with E-state index in [0.717, 1.165) is 30.5 Å². The van der Waals surface area contributed by atoms with Gasteiger partial charge in [-0.25, -0.2) is 14.8 Å². The van der Waals surface area contributed by atoms with E-state index in [2.05, 4.69) is 44.3 Å². The lowest BCUT2D eigenvalue weighted by atomic mass is 9.83. The summed E-state index contributed by atoms with van der Waals surface area (Å²) in [6.45, 7) is 0.659. The van der Waals surface area contributed by atoms with E-state index >= 15 is 0 Å². The van der Waals surface area contributed by atoms with Crippen LogP contribution >= 0.6 is 10.0 Å². The Morgan fingerprint density at radius 2 is 1.86 bits per heavy atom. The Hall–Kier alpha value is -2.66. The summed E-state index contributed by atoms with van der Waals surface area (Å²) in [6, 6.07) is 7.68. The highest BCUT2D eigenvalue weighted by Gasteiger charge is 2.51. The molecule has 2 heterocycles. The summed E-state index contributed by atoms with van der Waals surface area (Å²) in [5, 5.41) is 13.3. The average Bonchev–Trinajstić information content (AvgIpc) is 3.27. The van der Waals surface area contributed by atoms with Gasteiger partial charge in [-0.3, -0.25) is 9.89 Å². The average molecular weight is 524 g/mol. The van der Waals surface area contributed by atoms with Crippen LogP contribution in [0.3, 0.4) is 0 Å². The van der Waals surface area contributed by atoms with Crippen LogP contribution in [0.1, 0.15) is 56.0 Å². The zero-order valence-corrected chi connectivity index (χ0v) is 22.2. The van der Waals surface area contributed by atoms with E-state index in [-0.39, 0.29) is 23.8 Å². The van der Waals surface area contributed by atoms with Crippen LogP contribution in [0.4, 0.5) is 19.4 Å². The number of anilines is 1. The SMILES string of the molecule is CC1(C)c2[nH]nc(NC(=O)C3(S(C)(C)C)CCC3)c2CN1C(=O)N[C@H](COC(F)F)c1ccccc1. The molecule has 3 amide bonds. The summed E-state index contributed by atoms with van der Waals surface area (Å²) in [7, 11) is -1.13. The van der Waals surface area contributed by atoms with E-state index in [9.17, 15) is 18.4 Å². The molecular weight excluding hydrogens is 488 g/mol. The number of nitrogens with one attached hydrogen (secondary N) is 3. The largest absolute Gasteiger partial charge is 0.345 e. The second-order valence-corrected chi connectivity index (χ2v) is 15.2. The number of benzene rings is 1. The minimum Gasteiger partial charge on any atom is -0.329 e. The highest BCUT2D eigenvalue weighted by Crippen LogP contribution is 2.60. The number of ether oxygens (including phenoxy) is 1. The molecule has 3 N–H and O–H groups in total. The fraction of sp³-hybridized carbons (Fsp3) is 0.560. The van der Waals surface area contributed by atoms with Gasteiger partial charge in [-0.05, 0) is 57.4 Å². The van der Waals surface area contributed by atoms with Gasteiger partial charge in [0.25, 0.3) is 0 Å². The number of fused-ring (bicyclic) bond motifs is 1. The van der Waals surface area contributed by atoms with Crippen molar-refractivity contribution < 1.29 is 23.1 Å². The maximum absolute atomic E-state index is 13.4. The molecule has 0 bridgehead atoms. The molecule has 0 unspecified atom stereocenters. The smallest absolute Gasteiger partial charge is 0.329 e. The van der Waals surface area contributed by atoms with Gasteiger partial charge < -0.3 is 20.3 Å². The van der Waals surface area contributed by atoms with Gasteiger partial charge >= 0.3 is 12.6 Å². The summed E-state index contributed by atoms with van der Waals surface area (Å²) < 4.78 is 29.7. The van der Waals surface area contributed by atoms with Crippen LogP contribution in [0.2, 0.25) is 0 Å². The number of aromatic nitrogens is 2. The quantitative estimate of drug-likeness (QED) is 0.467. The van der Waals surface area contributed by atoms with Crippen LogP contribution < -0.4 is 10.6 Å². The van der Waals surface area contributed by atoms with Crippen LogP contribution in [0.5, 0.6) is 0 Å². The molecule has 1 saturated carbocycles. The van der Waals surface area contributed by atoms with Crippen molar-refractivity contribution in [3.63, 3.8) is 0 Å². The number of carbonyl (C=O) groups excluding carboxylic acids is 2. The third-order valence-electron chi connectivity index (χ3n) is 7.58. The Morgan fingerprint density at radius 3 is 2.42 bits per heavy atom. The van der Waals surface area contributed by atoms with Crippen molar-refractivity contribution in [2.45, 2.75) is 62.6 Å². The molecule has 0 saturated heterocycles. The van der Waals surface area contributed by atoms with Crippen LogP contribution in [-0.2, 0) is 21.6 Å². The zero-order chi connectivity index (χ0) is 26.3. The van der Waals surface area contributed by atoms with Gasteiger partial charge in [0.05, 0.1) is 35.2 Å². The fourth-order valence-corrected chi connectivity index (χ4v) is 7.20. The molecule has 1 aromatic heterocycles. The van der Waals surface area contributed by atoms with E-state index in [1.165, 1.54) is 0 Å². The Kier molecular flexibility index (Phi) is 7.09. The number of aromatic amines is 1. The molecule has 11 heteroatoms. The number of hydrogen-bond donors (Lipinski definition) is 3. The molecule has 2 aromatic rings. The molecule has 8 nitrogen and oxygen atoms in total. The first-order valence-electron chi connectivity index (χ1n) is 12.0. The second-order valence-electron chi connectivity index (χ2n) is 10.7. The van der Waals surface area contributed by atoms with E-state index in [0.29, 0.717) is 11.4 Å². The lowest BCUT2D eigenvalue weighted by Gasteiger charge is -2.53. The molecule has 0 radical (unpaired) electrons. The first-order valence-corrected chi connectivity index (χ1v) is 14.8. The predicted octanol–water partition coefficient (Wildman–Crippen LogP) is 4.71. The number of alkyl halides is 2. The van der Waals surface area contributed by atoms with Gasteiger partial charge in [0.15, 0.2) is 5.82 Å². The Balaban J connectivity index is 1.52. The zero-order valence-electron chi connectivity index (χ0n) is 21.4. The first kappa shape index (κ1) is 26.4. The fourth-order valence-electron chi connectivity index (χ4n) is 5.08. The molecule has 4 rings (SSSR count). The van der Waals surface area contributed by atoms with Crippen LogP contribution in [-0.4, -0.2) is 63.8 Å². The Bertz CT molecular complexity index is 1110. The van der Waals surface area contributed by atoms with Crippen molar-refractivity contribution in [3.05, 3.63) is 47.2 Å². The highest BCUT2D eigenvalue weighted by molar-refractivity contribution is 8.33. The predicted molar refractivity (Wildman–Crippen MR) is 137 cm³/mol. The highest BCUT2D eigenvalue weighted by atomic mass is 32.3. The van der Waals surface area contributed by atoms with Crippen LogP contribution in [0, 0.1) is 0 Å². The molecule has 198 valence electrons. The molecule has 0 spiro atoms. The summed E-state index contributed by atoms with van der Waals surface area (Å²) >= 11 is 0. The number of carbonyl (C=O) groups is 2. The summed E-state index contributed by atoms with van der Waals surface area (Å²) in [5.74, 6) is 0.425. The van der Waals surface area contributed by atoms with Gasteiger partial charge in [0.1, 0.15) is 0 Å². The van der Waals surface area contributed by atoms with Gasteiger partial charge in [-0.15, -0.1) is 0 Å². The van der Waals surface area contributed by atoms with E-state index in [1.807, 2.05) is 19.9 Å². The summed E-state index contributed by atoms with van der Waals surface area (Å²) in [4.78, 5) is 28.4. The summed E-state index contributed by atoms with van der Waals surface area (Å²) in [6.07, 6.45) is 9.26. The normalized spacial score (nSPS) is 19.4. The summed E-state index contributed by atoms with van der Waals surface area (Å²) in [5.41, 5.74) is 1.39. The van der Waals surface area contributed by atoms with E-state index < -0.39 is 34.3 Å². The molecule has 1 aliphatic heterocycles. The van der Waals surface area contributed by atoms with Gasteiger partial charge in [-0.1, -0.05) is 30.3 Å². The van der Waals surface area contributed by atoms with Gasteiger partial charge in [-0.2, -0.15) is 13.9 Å². The first-order chi connectivity index (χ1) is 16.9. The number of rotatable bonds is 8. The Morgan fingerprint density at radius 1 is 1.19 bits per heavy atom. The standard InChI is InChI=1S/C25H35F2N5O3S/c1-24(2)19-17(20(31-30-19)29-21(33)25(12-9-13-25)36(3,4)5)14-32(24)23(34)28-18(15-35-22(26)27)16-10-7-6-8-11-16/h6-8,10-11,18,22H,9,12-15H2,1-5H3,(H,28,34)(H2,29,30,31,33)/t18-/m1/s1. The van der Waals surface area contributed by atoms with Gasteiger partial charge in [0, 0.05) is 5.56 Å². The number of H-pyrrole nitrogens is 1. The molecule has 1 aromatic carbocycles. The van der Waals surface area contributed by atoms with E-state index in [1.54, 1.807) is 29.2 Å². The maximum Gasteiger partial charge on any atom is 0.345 e. The molecule has 1 aliphatic carbocycles. The minimum atomic E-state index is -2.94. The third kappa shape index (κ3) is 4.70. The monoisotopic (exact) mass is 523 g/mol. The van der Waals surface area contributed by atoms with Crippen molar-refractivity contribution in [1.82, 2.24) is 20.4 Å². The van der Waals surface area contributed by atoms with Crippen LogP contribution in [0.15, 0.2) is 30.3 Å². The molecule has 1 atom stereocenters. The van der Waals surface area contributed by atoms with E-state index in [4.69, 9.17) is 0 Å². The van der Waals surface area contributed by atoms with Crippen LogP contribution in [0.25, 0.3) is 0 Å². The second kappa shape index (κ2) is 9.66. The molecule has 1 fully saturated rings. The van der Waals surface area contributed by atoms with Crippen molar-refractivity contribution in [2.24, 2.45) is 0 Å². The minimum absolute atomic E-state index is 0.0143. The lowest BCUT2D eigenvalue weighted by Crippen LogP contribution is -2.51. The maximum atomic E-state index is 13.4. The molecule has 2 aliphatic rings. The lowest BCUT2D eigenvalue weighted by molar-refractivity contribution is -0.133. The van der Waals surface area contributed by atoms with Crippen molar-refractivity contribution in [1.29, 1.82) is 0 Å².